The zero-order chi connectivity index (χ0) is 41.5. The average Bonchev–Trinajstić information content (AvgIpc) is 3.20. The van der Waals surface area contributed by atoms with Gasteiger partial charge in [-0.15, -0.1) is 0 Å². The Balaban J connectivity index is 3.55. The Bertz CT molecular complexity index is 844. The molecule has 0 fully saturated rings. The summed E-state index contributed by atoms with van der Waals surface area (Å²) in [6, 6.07) is -0.758. The second kappa shape index (κ2) is 47.5. The van der Waals surface area contributed by atoms with Gasteiger partial charge >= 0.3 is 0 Å². The number of carbonyl (C=O) groups excluding carboxylic acids is 1. The molecule has 57 heavy (non-hydrogen) atoms. The molecular formula is C52H101NO4. The minimum absolute atomic E-state index is 0.0101. The summed E-state index contributed by atoms with van der Waals surface area (Å²) in [4.78, 5) is 12.5. The highest BCUT2D eigenvalue weighted by atomic mass is 16.3. The molecule has 0 heterocycles. The van der Waals surface area contributed by atoms with Gasteiger partial charge in [-0.1, -0.05) is 263 Å². The minimum atomic E-state index is -0.949. The number of aliphatic hydroxyl groups is 3. The van der Waals surface area contributed by atoms with Crippen LogP contribution in [-0.2, 0) is 4.79 Å². The van der Waals surface area contributed by atoms with E-state index in [1.807, 2.05) is 6.08 Å². The summed E-state index contributed by atoms with van der Waals surface area (Å²) >= 11 is 0. The Morgan fingerprint density at radius 3 is 1.12 bits per heavy atom. The Kier molecular flexibility index (Phi) is 46.5. The molecule has 0 spiro atoms. The molecule has 338 valence electrons. The van der Waals surface area contributed by atoms with Gasteiger partial charge in [0, 0.05) is 0 Å². The number of nitrogens with one attached hydrogen (secondary N) is 1. The number of hydrogen-bond acceptors (Lipinski definition) is 4. The van der Waals surface area contributed by atoms with Crippen LogP contribution in [-0.4, -0.2) is 46.1 Å². The van der Waals surface area contributed by atoms with Gasteiger partial charge in [-0.2, -0.15) is 0 Å². The Labute approximate surface area is 356 Å². The van der Waals surface area contributed by atoms with Gasteiger partial charge < -0.3 is 20.6 Å². The SMILES string of the molecule is CCCCCCCCCCC/C=C/CC/C=C/C(O)C(CO)NC(=O)CC(O)CCCCCCCCCCCCCCCCCCCCCCCCCCCCC. The van der Waals surface area contributed by atoms with Crippen molar-refractivity contribution in [2.24, 2.45) is 0 Å². The molecule has 3 atom stereocenters. The lowest BCUT2D eigenvalue weighted by atomic mass is 10.0. The summed E-state index contributed by atoms with van der Waals surface area (Å²) in [6.07, 6.45) is 59.3. The van der Waals surface area contributed by atoms with E-state index in [1.54, 1.807) is 6.08 Å². The first kappa shape index (κ1) is 55.8. The van der Waals surface area contributed by atoms with Crippen molar-refractivity contribution < 1.29 is 20.1 Å². The van der Waals surface area contributed by atoms with Crippen LogP contribution >= 0.6 is 0 Å². The highest BCUT2D eigenvalue weighted by Gasteiger charge is 2.20. The summed E-state index contributed by atoms with van der Waals surface area (Å²) < 4.78 is 0. The van der Waals surface area contributed by atoms with Gasteiger partial charge in [-0.05, 0) is 32.1 Å². The van der Waals surface area contributed by atoms with Crippen LogP contribution < -0.4 is 5.32 Å². The minimum Gasteiger partial charge on any atom is -0.394 e. The van der Waals surface area contributed by atoms with Gasteiger partial charge in [0.1, 0.15) is 0 Å². The fourth-order valence-corrected chi connectivity index (χ4v) is 8.06. The van der Waals surface area contributed by atoms with E-state index in [1.165, 1.54) is 218 Å². The number of amides is 1. The van der Waals surface area contributed by atoms with Gasteiger partial charge in [-0.25, -0.2) is 0 Å². The molecule has 0 aromatic rings. The van der Waals surface area contributed by atoms with Crippen LogP contribution in [0, 0.1) is 0 Å². The molecule has 0 bridgehead atoms. The predicted molar refractivity (Wildman–Crippen MR) is 250 cm³/mol. The number of carbonyl (C=O) groups is 1. The maximum absolute atomic E-state index is 12.5. The zero-order valence-corrected chi connectivity index (χ0v) is 38.5. The number of rotatable bonds is 47. The summed E-state index contributed by atoms with van der Waals surface area (Å²) in [5, 5.41) is 33.3. The molecule has 0 aromatic heterocycles. The molecule has 5 nitrogen and oxygen atoms in total. The lowest BCUT2D eigenvalue weighted by molar-refractivity contribution is -0.124. The quantitative estimate of drug-likeness (QED) is 0.0364. The van der Waals surface area contributed by atoms with Crippen LogP contribution in [0.1, 0.15) is 277 Å². The van der Waals surface area contributed by atoms with Crippen molar-refractivity contribution in [2.45, 2.75) is 295 Å². The highest BCUT2D eigenvalue weighted by Crippen LogP contribution is 2.17. The predicted octanol–water partition coefficient (Wildman–Crippen LogP) is 15.3. The van der Waals surface area contributed by atoms with Crippen molar-refractivity contribution in [3.8, 4) is 0 Å². The van der Waals surface area contributed by atoms with Crippen LogP contribution in [0.5, 0.6) is 0 Å². The molecule has 0 saturated heterocycles. The van der Waals surface area contributed by atoms with E-state index in [4.69, 9.17) is 0 Å². The third-order valence-electron chi connectivity index (χ3n) is 12.0. The van der Waals surface area contributed by atoms with Crippen molar-refractivity contribution in [3.05, 3.63) is 24.3 Å². The van der Waals surface area contributed by atoms with E-state index in [2.05, 4.69) is 31.3 Å². The molecule has 0 aliphatic carbocycles. The van der Waals surface area contributed by atoms with Crippen LogP contribution in [0.25, 0.3) is 0 Å². The first-order valence-corrected chi connectivity index (χ1v) is 25.6. The second-order valence-electron chi connectivity index (χ2n) is 17.8. The summed E-state index contributed by atoms with van der Waals surface area (Å²) in [5.41, 5.74) is 0. The molecule has 0 rings (SSSR count). The lowest BCUT2D eigenvalue weighted by Gasteiger charge is -2.21. The summed E-state index contributed by atoms with van der Waals surface area (Å²) in [6.45, 7) is 4.22. The van der Waals surface area contributed by atoms with E-state index in [0.29, 0.717) is 6.42 Å². The smallest absolute Gasteiger partial charge is 0.222 e. The largest absolute Gasteiger partial charge is 0.394 e. The maximum Gasteiger partial charge on any atom is 0.222 e. The normalized spacial score (nSPS) is 13.6. The van der Waals surface area contributed by atoms with E-state index >= 15 is 0 Å². The molecule has 5 heteroatoms. The molecular weight excluding hydrogens is 703 g/mol. The summed E-state index contributed by atoms with van der Waals surface area (Å²) in [5.74, 6) is -0.321. The van der Waals surface area contributed by atoms with Crippen molar-refractivity contribution in [1.29, 1.82) is 0 Å². The van der Waals surface area contributed by atoms with Crippen molar-refractivity contribution >= 4 is 5.91 Å². The van der Waals surface area contributed by atoms with Crippen molar-refractivity contribution in [1.82, 2.24) is 5.32 Å². The molecule has 0 saturated carbocycles. The van der Waals surface area contributed by atoms with E-state index in [0.717, 1.165) is 32.1 Å². The number of unbranched alkanes of at least 4 members (excludes halogenated alkanes) is 36. The first-order chi connectivity index (χ1) is 28.0. The monoisotopic (exact) mass is 804 g/mol. The third-order valence-corrected chi connectivity index (χ3v) is 12.0. The van der Waals surface area contributed by atoms with Gasteiger partial charge in [0.15, 0.2) is 0 Å². The van der Waals surface area contributed by atoms with Crippen LogP contribution in [0.2, 0.25) is 0 Å². The Hall–Kier alpha value is -1.17. The van der Waals surface area contributed by atoms with Crippen molar-refractivity contribution in [3.63, 3.8) is 0 Å². The number of hydrogen-bond donors (Lipinski definition) is 4. The molecule has 0 aromatic carbocycles. The maximum atomic E-state index is 12.5. The van der Waals surface area contributed by atoms with Gasteiger partial charge in [0.25, 0.3) is 0 Å². The molecule has 0 aliphatic heterocycles. The summed E-state index contributed by atoms with van der Waals surface area (Å²) in [7, 11) is 0. The molecule has 3 unspecified atom stereocenters. The van der Waals surface area contributed by atoms with Gasteiger partial charge in [0.05, 0.1) is 31.3 Å². The van der Waals surface area contributed by atoms with Crippen molar-refractivity contribution in [2.75, 3.05) is 6.61 Å². The fourth-order valence-electron chi connectivity index (χ4n) is 8.06. The average molecular weight is 804 g/mol. The number of allylic oxidation sites excluding steroid dienone is 3. The van der Waals surface area contributed by atoms with E-state index < -0.39 is 18.2 Å². The van der Waals surface area contributed by atoms with Crippen LogP contribution in [0.15, 0.2) is 24.3 Å². The zero-order valence-electron chi connectivity index (χ0n) is 38.5. The lowest BCUT2D eigenvalue weighted by Crippen LogP contribution is -2.45. The molecule has 0 aliphatic rings. The molecule has 0 radical (unpaired) electrons. The first-order valence-electron chi connectivity index (χ1n) is 25.6. The van der Waals surface area contributed by atoms with Crippen LogP contribution in [0.4, 0.5) is 0 Å². The standard InChI is InChI=1S/C52H101NO4/c1-3-5-7-9-11-13-15-17-19-20-21-22-23-24-25-26-27-28-29-30-32-33-35-37-39-41-43-45-49(55)47-52(57)53-50(48-54)51(56)46-44-42-40-38-36-34-31-18-16-14-12-10-8-6-4-2/h36,38,44,46,49-51,54-56H,3-35,37,39-43,45,47-48H2,1-2H3,(H,53,57)/b38-36+,46-44+. The van der Waals surface area contributed by atoms with Gasteiger partial charge in [0.2, 0.25) is 5.91 Å². The van der Waals surface area contributed by atoms with E-state index in [-0.39, 0.29) is 18.9 Å². The van der Waals surface area contributed by atoms with Gasteiger partial charge in [-0.3, -0.25) is 4.79 Å². The topological polar surface area (TPSA) is 89.8 Å². The second-order valence-corrected chi connectivity index (χ2v) is 17.8. The van der Waals surface area contributed by atoms with E-state index in [9.17, 15) is 20.1 Å². The van der Waals surface area contributed by atoms with Crippen LogP contribution in [0.3, 0.4) is 0 Å². The Morgan fingerprint density at radius 1 is 0.439 bits per heavy atom. The third kappa shape index (κ3) is 44.2. The Morgan fingerprint density at radius 2 is 0.754 bits per heavy atom. The highest BCUT2D eigenvalue weighted by molar-refractivity contribution is 5.76. The fraction of sp³-hybridized carbons (Fsp3) is 0.904. The molecule has 4 N–H and O–H groups in total. The molecule has 1 amide bonds. The number of aliphatic hydroxyl groups excluding tert-OH is 3.